The first-order valence-corrected chi connectivity index (χ1v) is 7.59. The third-order valence-electron chi connectivity index (χ3n) is 4.74. The van der Waals surface area contributed by atoms with Crippen LogP contribution in [0.15, 0.2) is 24.3 Å². The molecule has 3 rings (SSSR count). The number of hydrogen-bond donors (Lipinski definition) is 3. The summed E-state index contributed by atoms with van der Waals surface area (Å²) in [5.41, 5.74) is 0.0472. The van der Waals surface area contributed by atoms with Crippen LogP contribution >= 0.6 is 0 Å². The van der Waals surface area contributed by atoms with Gasteiger partial charge in [0.05, 0.1) is 11.6 Å². The van der Waals surface area contributed by atoms with E-state index in [2.05, 4.69) is 5.32 Å². The normalized spacial score (nSPS) is 26.4. The predicted octanol–water partition coefficient (Wildman–Crippen LogP) is 1.97. The number of carbonyl (C=O) groups is 2. The fraction of sp³-hybridized carbons (Fsp3) is 0.375. The van der Waals surface area contributed by atoms with Crippen molar-refractivity contribution in [3.63, 3.8) is 0 Å². The number of carbonyl (C=O) groups excluding carboxylic acids is 1. The number of likely N-dealkylation sites (tertiary alicyclic amines) is 1. The molecule has 2 aliphatic heterocycles. The summed E-state index contributed by atoms with van der Waals surface area (Å²) in [5.74, 6) is 0.0757. The number of amides is 3. The number of urea groups is 1. The van der Waals surface area contributed by atoms with Crippen molar-refractivity contribution in [2.45, 2.75) is 31.3 Å². The van der Waals surface area contributed by atoms with Crippen molar-refractivity contribution in [2.24, 2.45) is 0 Å². The quantitative estimate of drug-likeness (QED) is 0.730. The molecule has 0 unspecified atom stereocenters. The molecule has 0 saturated carbocycles. The number of carboxylic acid groups (broad SMARTS) is 1. The number of hydrogen-bond acceptors (Lipinski definition) is 4. The van der Waals surface area contributed by atoms with E-state index >= 15 is 0 Å². The number of piperidine rings is 1. The Kier molecular flexibility index (Phi) is 3.64. The van der Waals surface area contributed by atoms with Crippen LogP contribution in [0.1, 0.15) is 25.3 Å². The Labute approximate surface area is 138 Å². The van der Waals surface area contributed by atoms with Gasteiger partial charge in [-0.1, -0.05) is 6.07 Å². The minimum absolute atomic E-state index is 0.0757. The second-order valence-corrected chi connectivity index (χ2v) is 6.11. The number of nitrogens with zero attached hydrogens (tertiary/aromatic N) is 3. The van der Waals surface area contributed by atoms with E-state index in [-0.39, 0.29) is 18.4 Å². The van der Waals surface area contributed by atoms with E-state index in [4.69, 9.17) is 10.7 Å². The number of anilines is 1. The van der Waals surface area contributed by atoms with Crippen LogP contribution in [0, 0.1) is 16.7 Å². The molecule has 2 fully saturated rings. The molecular formula is C16H17N5O3. The Hall–Kier alpha value is -3.08. The lowest BCUT2D eigenvalue weighted by atomic mass is 9.81. The Morgan fingerprint density at radius 1 is 1.54 bits per heavy atom. The van der Waals surface area contributed by atoms with E-state index in [0.717, 1.165) is 0 Å². The highest BCUT2D eigenvalue weighted by Crippen LogP contribution is 2.39. The van der Waals surface area contributed by atoms with Gasteiger partial charge in [0.25, 0.3) is 0 Å². The Morgan fingerprint density at radius 2 is 2.29 bits per heavy atom. The molecule has 8 nitrogen and oxygen atoms in total. The van der Waals surface area contributed by atoms with E-state index in [1.807, 2.05) is 6.07 Å². The van der Waals surface area contributed by atoms with Crippen LogP contribution < -0.4 is 10.2 Å². The zero-order chi connectivity index (χ0) is 17.5. The molecular weight excluding hydrogens is 310 g/mol. The van der Waals surface area contributed by atoms with Crippen molar-refractivity contribution in [2.75, 3.05) is 11.4 Å². The number of nitriles is 1. The molecule has 0 aliphatic carbocycles. The van der Waals surface area contributed by atoms with Crippen LogP contribution in [0.25, 0.3) is 0 Å². The lowest BCUT2D eigenvalue weighted by molar-refractivity contribution is 0.100. The van der Waals surface area contributed by atoms with Crippen LogP contribution in [0.4, 0.5) is 15.3 Å². The highest BCUT2D eigenvalue weighted by Gasteiger charge is 2.54. The van der Waals surface area contributed by atoms with Crippen LogP contribution in [-0.4, -0.2) is 46.1 Å². The molecule has 1 aromatic rings. The average Bonchev–Trinajstić information content (AvgIpc) is 2.77. The van der Waals surface area contributed by atoms with Gasteiger partial charge in [0.2, 0.25) is 0 Å². The summed E-state index contributed by atoms with van der Waals surface area (Å²) in [6.45, 7) is 2.01. The van der Waals surface area contributed by atoms with Gasteiger partial charge in [-0.2, -0.15) is 5.26 Å². The third-order valence-corrected chi connectivity index (χ3v) is 4.74. The summed E-state index contributed by atoms with van der Waals surface area (Å²) >= 11 is 0. The number of benzene rings is 1. The lowest BCUT2D eigenvalue weighted by Gasteiger charge is -2.45. The van der Waals surface area contributed by atoms with Gasteiger partial charge < -0.3 is 10.0 Å². The summed E-state index contributed by atoms with van der Waals surface area (Å²) in [5, 5.41) is 29.1. The zero-order valence-corrected chi connectivity index (χ0v) is 13.1. The van der Waals surface area contributed by atoms with Gasteiger partial charge in [-0.3, -0.25) is 15.6 Å². The number of nitrogens with one attached hydrogen (secondary N) is 2. The summed E-state index contributed by atoms with van der Waals surface area (Å²) in [6.07, 6.45) is -0.342. The van der Waals surface area contributed by atoms with Crippen molar-refractivity contribution in [3.05, 3.63) is 29.8 Å². The molecule has 1 spiro atoms. The number of rotatable bonds is 1. The second kappa shape index (κ2) is 5.53. The van der Waals surface area contributed by atoms with Gasteiger partial charge in [0.15, 0.2) is 0 Å². The molecule has 3 amide bonds. The van der Waals surface area contributed by atoms with Crippen molar-refractivity contribution >= 4 is 23.6 Å². The zero-order valence-electron chi connectivity index (χ0n) is 13.1. The lowest BCUT2D eigenvalue weighted by Crippen LogP contribution is -2.60. The molecule has 2 atom stereocenters. The standard InChI is InChI=1S/C16H17N5O3/c1-10-8-16(5-6-20(10)15(23)24)13(18)19-14(22)21(16)12-4-2-3-11(7-12)9-17/h2-4,7,10H,5-6,8H2,1H3,(H,23,24)(H2,18,19,22)/t10-,16+/m0/s1. The minimum atomic E-state index is -1.00. The molecule has 8 heteroatoms. The summed E-state index contributed by atoms with van der Waals surface area (Å²) in [4.78, 5) is 26.5. The van der Waals surface area contributed by atoms with E-state index in [0.29, 0.717) is 24.1 Å². The second-order valence-electron chi connectivity index (χ2n) is 6.11. The first kappa shape index (κ1) is 15.8. The fourth-order valence-electron chi connectivity index (χ4n) is 3.61. The predicted molar refractivity (Wildman–Crippen MR) is 86.1 cm³/mol. The molecule has 24 heavy (non-hydrogen) atoms. The molecule has 0 aromatic heterocycles. The Morgan fingerprint density at radius 3 is 2.92 bits per heavy atom. The summed E-state index contributed by atoms with van der Waals surface area (Å²) in [6, 6.07) is 7.94. The first-order valence-electron chi connectivity index (χ1n) is 7.59. The SMILES string of the molecule is C[C@H]1C[C@]2(CCN1C(=O)O)C(=N)NC(=O)N2c1cccc(C#N)c1. The molecule has 2 saturated heterocycles. The highest BCUT2D eigenvalue weighted by molar-refractivity contribution is 6.18. The van der Waals surface area contributed by atoms with Crippen molar-refractivity contribution in [3.8, 4) is 6.07 Å². The maximum Gasteiger partial charge on any atom is 0.407 e. The van der Waals surface area contributed by atoms with E-state index in [1.165, 1.54) is 9.80 Å². The highest BCUT2D eigenvalue weighted by atomic mass is 16.4. The first-order chi connectivity index (χ1) is 11.4. The average molecular weight is 327 g/mol. The van der Waals surface area contributed by atoms with E-state index < -0.39 is 17.7 Å². The van der Waals surface area contributed by atoms with Crippen LogP contribution in [0.2, 0.25) is 0 Å². The monoisotopic (exact) mass is 327 g/mol. The van der Waals surface area contributed by atoms with Gasteiger partial charge in [0, 0.05) is 18.3 Å². The van der Waals surface area contributed by atoms with Crippen LogP contribution in [0.3, 0.4) is 0 Å². The smallest absolute Gasteiger partial charge is 0.407 e. The molecule has 1 aromatic carbocycles. The molecule has 3 N–H and O–H groups in total. The van der Waals surface area contributed by atoms with Crippen LogP contribution in [0.5, 0.6) is 0 Å². The van der Waals surface area contributed by atoms with Crippen molar-refractivity contribution in [1.29, 1.82) is 10.7 Å². The van der Waals surface area contributed by atoms with Gasteiger partial charge in [-0.15, -0.1) is 0 Å². The van der Waals surface area contributed by atoms with Crippen molar-refractivity contribution in [1.82, 2.24) is 10.2 Å². The molecule has 2 aliphatic rings. The van der Waals surface area contributed by atoms with E-state index in [9.17, 15) is 14.7 Å². The van der Waals surface area contributed by atoms with Crippen molar-refractivity contribution < 1.29 is 14.7 Å². The van der Waals surface area contributed by atoms with E-state index in [1.54, 1.807) is 31.2 Å². The van der Waals surface area contributed by atoms with Gasteiger partial charge >= 0.3 is 12.1 Å². The molecule has 0 radical (unpaired) electrons. The van der Waals surface area contributed by atoms with Crippen LogP contribution in [-0.2, 0) is 0 Å². The Bertz CT molecular complexity index is 771. The van der Waals surface area contributed by atoms with Gasteiger partial charge in [0.1, 0.15) is 11.4 Å². The summed E-state index contributed by atoms with van der Waals surface area (Å²) < 4.78 is 0. The fourth-order valence-corrected chi connectivity index (χ4v) is 3.61. The topological polar surface area (TPSA) is 121 Å². The molecule has 2 heterocycles. The maximum absolute atomic E-state index is 12.4. The largest absolute Gasteiger partial charge is 0.465 e. The third kappa shape index (κ3) is 2.25. The molecule has 124 valence electrons. The minimum Gasteiger partial charge on any atom is -0.465 e. The molecule has 0 bridgehead atoms. The van der Waals surface area contributed by atoms with Gasteiger partial charge in [-0.25, -0.2) is 9.59 Å². The number of amidine groups is 1. The Balaban J connectivity index is 2.02. The summed E-state index contributed by atoms with van der Waals surface area (Å²) in [7, 11) is 0. The maximum atomic E-state index is 12.4. The van der Waals surface area contributed by atoms with Gasteiger partial charge in [-0.05, 0) is 38.0 Å².